The van der Waals surface area contributed by atoms with Crippen LogP contribution in [0.5, 0.6) is 0 Å². The topological polar surface area (TPSA) is 58.5 Å². The van der Waals surface area contributed by atoms with Gasteiger partial charge in [0.2, 0.25) is 0 Å². The highest BCUT2D eigenvalue weighted by atomic mass is 35.5. The van der Waals surface area contributed by atoms with Gasteiger partial charge in [-0.15, -0.1) is 0 Å². The van der Waals surface area contributed by atoms with Crippen molar-refractivity contribution >= 4 is 39.1 Å². The predicted molar refractivity (Wildman–Crippen MR) is 44.1 cm³/mol. The van der Waals surface area contributed by atoms with Gasteiger partial charge in [-0.05, 0) is 0 Å². The molecule has 1 aliphatic heterocycles. The molecule has 0 spiro atoms. The Bertz CT molecular complexity index is 343. The molecule has 11 heavy (non-hydrogen) atoms. The normalized spacial score (nSPS) is 25.9. The number of nitrogens with zero attached hydrogens (tertiary/aromatic N) is 1. The van der Waals surface area contributed by atoms with E-state index in [0.717, 1.165) is 0 Å². The van der Waals surface area contributed by atoms with Crippen molar-refractivity contribution in [3.8, 4) is 0 Å². The van der Waals surface area contributed by atoms with Gasteiger partial charge >= 0.3 is 0 Å². The molecule has 0 unspecified atom stereocenters. The Morgan fingerprint density at radius 1 is 1.45 bits per heavy atom. The molecule has 0 saturated heterocycles. The summed E-state index contributed by atoms with van der Waals surface area (Å²) < 4.78 is 23.4. The van der Waals surface area contributed by atoms with E-state index in [9.17, 15) is 8.42 Å². The molecule has 0 radical (unpaired) electrons. The Morgan fingerprint density at radius 2 is 2.00 bits per heavy atom. The first-order chi connectivity index (χ1) is 4.99. The first kappa shape index (κ1) is 8.83. The van der Waals surface area contributed by atoms with Gasteiger partial charge in [-0.1, -0.05) is 23.2 Å². The maximum absolute atomic E-state index is 10.9. The summed E-state index contributed by atoms with van der Waals surface area (Å²) in [7, 11) is -2.19. The summed E-state index contributed by atoms with van der Waals surface area (Å²) in [4.78, 5) is 3.57. The summed E-state index contributed by atoms with van der Waals surface area (Å²) in [5.41, 5.74) is 0. The highest BCUT2D eigenvalue weighted by Gasteiger charge is 2.31. The monoisotopic (exact) mass is 214 g/mol. The van der Waals surface area contributed by atoms with Gasteiger partial charge in [-0.25, -0.2) is 8.42 Å². The first-order valence-corrected chi connectivity index (χ1v) is 4.78. The van der Waals surface area contributed by atoms with Gasteiger partial charge in [0.05, 0.1) is 0 Å². The van der Waals surface area contributed by atoms with Gasteiger partial charge in [0, 0.05) is 7.05 Å². The van der Waals surface area contributed by atoms with Gasteiger partial charge in [-0.3, -0.25) is 9.71 Å². The molecule has 0 bridgehead atoms. The number of sulfonamides is 1. The van der Waals surface area contributed by atoms with Crippen molar-refractivity contribution in [3.63, 3.8) is 0 Å². The van der Waals surface area contributed by atoms with Crippen LogP contribution in [-0.4, -0.2) is 21.3 Å². The smallest absolute Gasteiger partial charge is 0.270 e. The van der Waals surface area contributed by atoms with E-state index in [1.807, 2.05) is 0 Å². The Hall–Kier alpha value is -0.260. The Labute approximate surface area is 74.0 Å². The average Bonchev–Trinajstić information content (AvgIpc) is 2.13. The van der Waals surface area contributed by atoms with Crippen LogP contribution in [0, 0.1) is 0 Å². The molecule has 0 aromatic rings. The van der Waals surface area contributed by atoms with Crippen LogP contribution in [0.15, 0.2) is 14.4 Å². The lowest BCUT2D eigenvalue weighted by molar-refractivity contribution is 0.602. The number of hydrogen-bond donors (Lipinski definition) is 1. The van der Waals surface area contributed by atoms with Crippen LogP contribution in [-0.2, 0) is 10.0 Å². The number of halogens is 2. The van der Waals surface area contributed by atoms with E-state index in [1.165, 1.54) is 7.05 Å². The lowest BCUT2D eigenvalue weighted by Gasteiger charge is -1.93. The van der Waals surface area contributed by atoms with Crippen molar-refractivity contribution in [2.24, 2.45) is 4.99 Å². The van der Waals surface area contributed by atoms with E-state index >= 15 is 0 Å². The van der Waals surface area contributed by atoms with E-state index in [4.69, 9.17) is 23.2 Å². The lowest BCUT2D eigenvalue weighted by Crippen LogP contribution is -2.22. The second-order valence-electron chi connectivity index (χ2n) is 1.77. The average molecular weight is 215 g/mol. The van der Waals surface area contributed by atoms with E-state index in [0.29, 0.717) is 0 Å². The minimum absolute atomic E-state index is 0.0610. The molecule has 1 N–H and O–H groups in total. The number of hydrogen-bond acceptors (Lipinski definition) is 3. The summed E-state index contributed by atoms with van der Waals surface area (Å²) in [5.74, 6) is 0.0802. The molecular weight excluding hydrogens is 211 g/mol. The SMILES string of the molecule is CN=C1NS(=O)(=O)C(Cl)=C1Cl. The van der Waals surface area contributed by atoms with Crippen LogP contribution in [0.25, 0.3) is 0 Å². The predicted octanol–water partition coefficient (Wildman–Crippen LogP) is 0.594. The third-order valence-corrected chi connectivity index (χ3v) is 3.58. The van der Waals surface area contributed by atoms with Crippen LogP contribution < -0.4 is 4.72 Å². The minimum atomic E-state index is -3.60. The molecule has 62 valence electrons. The number of amidine groups is 1. The highest BCUT2D eigenvalue weighted by molar-refractivity contribution is 7.96. The highest BCUT2D eigenvalue weighted by Crippen LogP contribution is 2.25. The van der Waals surface area contributed by atoms with E-state index in [-0.39, 0.29) is 10.9 Å². The van der Waals surface area contributed by atoms with E-state index in [1.54, 1.807) is 0 Å². The summed E-state index contributed by atoms with van der Waals surface area (Å²) in [6, 6.07) is 0. The lowest BCUT2D eigenvalue weighted by atomic mass is 10.6. The zero-order valence-electron chi connectivity index (χ0n) is 5.43. The molecule has 0 aromatic heterocycles. The Morgan fingerprint density at radius 3 is 2.18 bits per heavy atom. The van der Waals surface area contributed by atoms with Crippen molar-refractivity contribution in [2.45, 2.75) is 0 Å². The fraction of sp³-hybridized carbons (Fsp3) is 0.250. The molecule has 7 heteroatoms. The van der Waals surface area contributed by atoms with Crippen molar-refractivity contribution in [2.75, 3.05) is 7.05 Å². The zero-order chi connectivity index (χ0) is 8.65. The van der Waals surface area contributed by atoms with Crippen molar-refractivity contribution in [3.05, 3.63) is 9.40 Å². The standard InChI is InChI=1S/C4H4Cl2N2O2S/c1-7-4-2(5)3(6)11(9,10)8-4/h1H3,(H,7,8). The van der Waals surface area contributed by atoms with Crippen LogP contribution in [0.4, 0.5) is 0 Å². The molecule has 0 aromatic carbocycles. The van der Waals surface area contributed by atoms with Gasteiger partial charge in [-0.2, -0.15) is 0 Å². The van der Waals surface area contributed by atoms with Crippen molar-refractivity contribution in [1.82, 2.24) is 4.72 Å². The van der Waals surface area contributed by atoms with Gasteiger partial charge in [0.25, 0.3) is 10.0 Å². The molecule has 0 fully saturated rings. The fourth-order valence-corrected chi connectivity index (χ4v) is 2.14. The summed E-state index contributed by atoms with van der Waals surface area (Å²) in [5, 5.41) is -0.0610. The second-order valence-corrected chi connectivity index (χ2v) is 4.36. The van der Waals surface area contributed by atoms with E-state index in [2.05, 4.69) is 9.71 Å². The van der Waals surface area contributed by atoms with Gasteiger partial charge < -0.3 is 0 Å². The minimum Gasteiger partial charge on any atom is -0.270 e. The van der Waals surface area contributed by atoms with Crippen LogP contribution >= 0.6 is 23.2 Å². The van der Waals surface area contributed by atoms with Gasteiger partial charge in [0.1, 0.15) is 5.03 Å². The maximum Gasteiger partial charge on any atom is 0.275 e. The van der Waals surface area contributed by atoms with Crippen LogP contribution in [0.3, 0.4) is 0 Å². The largest absolute Gasteiger partial charge is 0.275 e. The second kappa shape index (κ2) is 2.66. The van der Waals surface area contributed by atoms with Crippen LogP contribution in [0.2, 0.25) is 0 Å². The molecule has 1 rings (SSSR count). The number of rotatable bonds is 0. The van der Waals surface area contributed by atoms with Crippen LogP contribution in [0.1, 0.15) is 0 Å². The molecule has 0 amide bonds. The summed E-state index contributed by atoms with van der Waals surface area (Å²) in [6.45, 7) is 0. The maximum atomic E-state index is 10.9. The first-order valence-electron chi connectivity index (χ1n) is 2.54. The van der Waals surface area contributed by atoms with Crippen molar-refractivity contribution in [1.29, 1.82) is 0 Å². The number of nitrogens with one attached hydrogen (secondary N) is 1. The molecule has 4 nitrogen and oxygen atoms in total. The molecule has 0 atom stereocenters. The fourth-order valence-electron chi connectivity index (χ4n) is 0.572. The zero-order valence-corrected chi connectivity index (χ0v) is 7.76. The Kier molecular flexibility index (Phi) is 2.13. The molecule has 0 aliphatic carbocycles. The van der Waals surface area contributed by atoms with E-state index < -0.39 is 14.4 Å². The molecule has 1 aliphatic rings. The summed E-state index contributed by atoms with van der Waals surface area (Å²) in [6.07, 6.45) is 0. The third-order valence-electron chi connectivity index (χ3n) is 1.07. The quantitative estimate of drug-likeness (QED) is 0.642. The van der Waals surface area contributed by atoms with Gasteiger partial charge in [0.15, 0.2) is 10.2 Å². The Balaban J connectivity index is 3.30. The molecule has 0 saturated carbocycles. The number of aliphatic imine (C=N–C) groups is 1. The van der Waals surface area contributed by atoms with Crippen molar-refractivity contribution < 1.29 is 8.42 Å². The third kappa shape index (κ3) is 1.36. The molecule has 1 heterocycles. The summed E-state index contributed by atoms with van der Waals surface area (Å²) >= 11 is 10.8. The molecular formula is C4H4Cl2N2O2S.